The van der Waals surface area contributed by atoms with Crippen LogP contribution in [0.4, 0.5) is 13.8 Å². The minimum atomic E-state index is -0.750. The molecule has 29 heavy (non-hydrogen) atoms. The monoisotopic (exact) mass is 436 g/mol. The summed E-state index contributed by atoms with van der Waals surface area (Å²) in [5.74, 6) is -2.52. The number of hydrogen-bond acceptors (Lipinski definition) is 6. The summed E-state index contributed by atoms with van der Waals surface area (Å²) >= 11 is 2.15. The smallest absolute Gasteiger partial charge is 0.341 e. The first-order valence-corrected chi connectivity index (χ1v) is 10.4. The molecule has 0 unspecified atom stereocenters. The molecule has 152 valence electrons. The Hall–Kier alpha value is -2.65. The van der Waals surface area contributed by atoms with Crippen LogP contribution in [0.5, 0.6) is 0 Å². The van der Waals surface area contributed by atoms with Crippen molar-refractivity contribution in [1.82, 2.24) is 4.98 Å². The molecule has 5 nitrogen and oxygen atoms in total. The summed E-state index contributed by atoms with van der Waals surface area (Å²) in [6.07, 6.45) is 0. The minimum Gasteiger partial charge on any atom is -0.462 e. The number of halogens is 2. The van der Waals surface area contributed by atoms with Crippen LogP contribution >= 0.6 is 22.7 Å². The summed E-state index contributed by atoms with van der Waals surface area (Å²) in [4.78, 5) is 30.4. The number of rotatable bonds is 5. The van der Waals surface area contributed by atoms with Crippen molar-refractivity contribution in [2.45, 2.75) is 27.7 Å². The summed E-state index contributed by atoms with van der Waals surface area (Å²) < 4.78 is 33.2. The molecule has 0 bridgehead atoms. The van der Waals surface area contributed by atoms with Gasteiger partial charge < -0.3 is 10.1 Å². The molecule has 0 atom stereocenters. The third-order valence-corrected chi connectivity index (χ3v) is 6.57. The van der Waals surface area contributed by atoms with Crippen molar-refractivity contribution in [3.05, 3.63) is 56.4 Å². The summed E-state index contributed by atoms with van der Waals surface area (Å²) in [5, 5.41) is 3.17. The number of benzene rings is 1. The fourth-order valence-corrected chi connectivity index (χ4v) is 4.79. The molecule has 0 radical (unpaired) electrons. The van der Waals surface area contributed by atoms with Crippen molar-refractivity contribution in [1.29, 1.82) is 0 Å². The average molecular weight is 437 g/mol. The molecule has 0 saturated heterocycles. The highest BCUT2D eigenvalue weighted by molar-refractivity contribution is 7.18. The number of hydrogen-bond donors (Lipinski definition) is 1. The SMILES string of the molecule is CCOC(=O)c1c(NC(=O)c2sc(-c3c(F)cccc3F)nc2C)sc(C)c1C. The third kappa shape index (κ3) is 4.06. The number of aryl methyl sites for hydroxylation is 2. The van der Waals surface area contributed by atoms with Gasteiger partial charge in [0, 0.05) is 4.88 Å². The van der Waals surface area contributed by atoms with E-state index in [4.69, 9.17) is 4.74 Å². The number of carbonyl (C=O) groups is 2. The highest BCUT2D eigenvalue weighted by Crippen LogP contribution is 2.35. The zero-order valence-corrected chi connectivity index (χ0v) is 17.8. The van der Waals surface area contributed by atoms with Crippen LogP contribution in [-0.2, 0) is 4.74 Å². The van der Waals surface area contributed by atoms with Crippen LogP contribution < -0.4 is 5.32 Å². The van der Waals surface area contributed by atoms with E-state index >= 15 is 0 Å². The lowest BCUT2D eigenvalue weighted by Crippen LogP contribution is -2.14. The van der Waals surface area contributed by atoms with Gasteiger partial charge in [0.1, 0.15) is 26.5 Å². The van der Waals surface area contributed by atoms with Gasteiger partial charge in [0.2, 0.25) is 0 Å². The number of amides is 1. The first-order valence-electron chi connectivity index (χ1n) is 8.74. The molecule has 1 amide bonds. The Bertz CT molecular complexity index is 1090. The summed E-state index contributed by atoms with van der Waals surface area (Å²) in [5.41, 5.74) is 1.12. The number of nitrogens with zero attached hydrogens (tertiary/aromatic N) is 1. The van der Waals surface area contributed by atoms with Gasteiger partial charge in [0.15, 0.2) is 0 Å². The van der Waals surface area contributed by atoms with E-state index in [2.05, 4.69) is 10.3 Å². The molecule has 2 heterocycles. The molecule has 2 aromatic heterocycles. The number of nitrogens with one attached hydrogen (secondary N) is 1. The first kappa shape index (κ1) is 21.1. The van der Waals surface area contributed by atoms with Crippen LogP contribution in [-0.4, -0.2) is 23.5 Å². The van der Waals surface area contributed by atoms with E-state index in [0.29, 0.717) is 16.3 Å². The molecular formula is C20H18F2N2O3S2. The number of aromatic nitrogens is 1. The number of esters is 1. The van der Waals surface area contributed by atoms with E-state index < -0.39 is 23.5 Å². The second kappa shape index (κ2) is 8.38. The standard InChI is InChI=1S/C20H18F2N2O3S2/c1-5-27-20(26)14-9(2)11(4)28-18(14)24-17(25)16-10(3)23-19(29-16)15-12(21)7-6-8-13(15)22/h6-8H,5H2,1-4H3,(H,24,25). The predicted molar refractivity (Wildman–Crippen MR) is 110 cm³/mol. The summed E-state index contributed by atoms with van der Waals surface area (Å²) in [6, 6.07) is 3.54. The topological polar surface area (TPSA) is 68.3 Å². The zero-order valence-electron chi connectivity index (χ0n) is 16.2. The van der Waals surface area contributed by atoms with E-state index in [1.165, 1.54) is 17.4 Å². The van der Waals surface area contributed by atoms with Gasteiger partial charge in [-0.3, -0.25) is 4.79 Å². The number of anilines is 1. The second-order valence-electron chi connectivity index (χ2n) is 6.19. The predicted octanol–water partition coefficient (Wildman–Crippen LogP) is 5.50. The Morgan fingerprint density at radius 3 is 2.41 bits per heavy atom. The van der Waals surface area contributed by atoms with Crippen LogP contribution in [0.1, 0.15) is 43.1 Å². The normalized spacial score (nSPS) is 10.8. The maximum absolute atomic E-state index is 14.1. The fraction of sp³-hybridized carbons (Fsp3) is 0.250. The Morgan fingerprint density at radius 1 is 1.14 bits per heavy atom. The molecule has 0 fully saturated rings. The Morgan fingerprint density at radius 2 is 1.79 bits per heavy atom. The van der Waals surface area contributed by atoms with Crippen LogP contribution in [0, 0.1) is 32.4 Å². The van der Waals surface area contributed by atoms with Gasteiger partial charge in [0.25, 0.3) is 5.91 Å². The van der Waals surface area contributed by atoms with Gasteiger partial charge >= 0.3 is 5.97 Å². The van der Waals surface area contributed by atoms with Crippen molar-refractivity contribution in [3.63, 3.8) is 0 Å². The maximum Gasteiger partial charge on any atom is 0.341 e. The molecule has 0 aliphatic carbocycles. The highest BCUT2D eigenvalue weighted by Gasteiger charge is 2.25. The number of carbonyl (C=O) groups excluding carboxylic acids is 2. The van der Waals surface area contributed by atoms with E-state index in [1.807, 2.05) is 6.92 Å². The quantitative estimate of drug-likeness (QED) is 0.536. The fourth-order valence-electron chi connectivity index (χ4n) is 2.74. The van der Waals surface area contributed by atoms with Crippen molar-refractivity contribution in [2.24, 2.45) is 0 Å². The van der Waals surface area contributed by atoms with Gasteiger partial charge in [-0.1, -0.05) is 6.07 Å². The molecule has 3 rings (SSSR count). The van der Waals surface area contributed by atoms with Crippen molar-refractivity contribution < 1.29 is 23.1 Å². The van der Waals surface area contributed by atoms with Gasteiger partial charge in [-0.25, -0.2) is 18.6 Å². The Balaban J connectivity index is 1.95. The second-order valence-corrected chi connectivity index (χ2v) is 8.42. The highest BCUT2D eigenvalue weighted by atomic mass is 32.1. The van der Waals surface area contributed by atoms with Crippen molar-refractivity contribution in [3.8, 4) is 10.6 Å². The lowest BCUT2D eigenvalue weighted by atomic mass is 10.1. The van der Waals surface area contributed by atoms with Crippen LogP contribution in [0.3, 0.4) is 0 Å². The Labute approximate surface area is 174 Å². The van der Waals surface area contributed by atoms with Crippen LogP contribution in [0.15, 0.2) is 18.2 Å². The lowest BCUT2D eigenvalue weighted by Gasteiger charge is -2.06. The number of thiazole rings is 1. The summed E-state index contributed by atoms with van der Waals surface area (Å²) in [6.45, 7) is 7.13. The maximum atomic E-state index is 14.1. The van der Waals surface area contributed by atoms with Crippen molar-refractivity contribution >= 4 is 39.6 Å². The molecule has 1 N–H and O–H groups in total. The van der Waals surface area contributed by atoms with Gasteiger partial charge in [-0.15, -0.1) is 22.7 Å². The van der Waals surface area contributed by atoms with Gasteiger partial charge in [-0.05, 0) is 45.4 Å². The molecule has 0 saturated carbocycles. The van der Waals surface area contributed by atoms with E-state index in [0.717, 1.165) is 33.9 Å². The summed E-state index contributed by atoms with van der Waals surface area (Å²) in [7, 11) is 0. The molecule has 1 aromatic carbocycles. The molecule has 3 aromatic rings. The number of thiophene rings is 1. The molecule has 9 heteroatoms. The number of ether oxygens (including phenoxy) is 1. The van der Waals surface area contributed by atoms with E-state index in [-0.39, 0.29) is 22.1 Å². The Kier molecular flexibility index (Phi) is 6.09. The van der Waals surface area contributed by atoms with E-state index in [1.54, 1.807) is 20.8 Å². The lowest BCUT2D eigenvalue weighted by molar-refractivity contribution is 0.0527. The van der Waals surface area contributed by atoms with Gasteiger partial charge in [-0.2, -0.15) is 0 Å². The zero-order chi connectivity index (χ0) is 21.3. The van der Waals surface area contributed by atoms with Gasteiger partial charge in [0.05, 0.1) is 23.4 Å². The van der Waals surface area contributed by atoms with Crippen LogP contribution in [0.2, 0.25) is 0 Å². The van der Waals surface area contributed by atoms with Crippen molar-refractivity contribution in [2.75, 3.05) is 11.9 Å². The molecular weight excluding hydrogens is 418 g/mol. The molecule has 0 aliphatic heterocycles. The first-order chi connectivity index (χ1) is 13.7. The minimum absolute atomic E-state index is 0.0763. The largest absolute Gasteiger partial charge is 0.462 e. The molecule has 0 spiro atoms. The third-order valence-electron chi connectivity index (χ3n) is 4.27. The van der Waals surface area contributed by atoms with E-state index in [9.17, 15) is 18.4 Å². The molecule has 0 aliphatic rings. The van der Waals surface area contributed by atoms with Crippen LogP contribution in [0.25, 0.3) is 10.6 Å². The average Bonchev–Trinajstić information content (AvgIpc) is 3.15.